The molecule has 3 aromatic rings. The van der Waals surface area contributed by atoms with E-state index in [1.165, 1.54) is 0 Å². The number of aromatic amines is 1. The van der Waals surface area contributed by atoms with Crippen LogP contribution in [0.3, 0.4) is 0 Å². The zero-order valence-electron chi connectivity index (χ0n) is 13.6. The van der Waals surface area contributed by atoms with E-state index in [2.05, 4.69) is 15.1 Å². The van der Waals surface area contributed by atoms with E-state index in [9.17, 15) is 9.59 Å². The molecule has 1 aromatic carbocycles. The fraction of sp³-hybridized carbons (Fsp3) is 0.375. The van der Waals surface area contributed by atoms with Crippen molar-refractivity contribution in [3.8, 4) is 11.5 Å². The summed E-state index contributed by atoms with van der Waals surface area (Å²) < 4.78 is 6.46. The summed E-state index contributed by atoms with van der Waals surface area (Å²) in [6.45, 7) is 2.07. The average Bonchev–Trinajstić information content (AvgIpc) is 3.02. The van der Waals surface area contributed by atoms with Crippen LogP contribution in [-0.4, -0.2) is 19.7 Å². The van der Waals surface area contributed by atoms with Crippen LogP contribution >= 0.6 is 12.4 Å². The number of hydrogen-bond donors (Lipinski definition) is 2. The lowest BCUT2D eigenvalue weighted by Gasteiger charge is -2.34. The van der Waals surface area contributed by atoms with Crippen LogP contribution in [0.5, 0.6) is 0 Å². The Morgan fingerprint density at radius 1 is 1.36 bits per heavy atom. The number of nitrogens with two attached hydrogens (primary N) is 1. The van der Waals surface area contributed by atoms with E-state index < -0.39 is 11.2 Å². The highest BCUT2D eigenvalue weighted by atomic mass is 35.5. The van der Waals surface area contributed by atoms with E-state index in [1.807, 2.05) is 0 Å². The van der Waals surface area contributed by atoms with Gasteiger partial charge in [-0.3, -0.25) is 9.36 Å². The third kappa shape index (κ3) is 2.67. The Hall–Kier alpha value is -2.45. The van der Waals surface area contributed by atoms with Crippen LogP contribution in [0.1, 0.15) is 32.0 Å². The minimum absolute atomic E-state index is 0. The number of nitrogens with zero attached hydrogens (tertiary/aromatic N) is 3. The molecule has 9 heteroatoms. The largest absolute Gasteiger partial charge is 0.334 e. The maximum absolute atomic E-state index is 12.3. The number of nitrogens with one attached hydrogen (secondary N) is 1. The summed E-state index contributed by atoms with van der Waals surface area (Å²) >= 11 is 0. The van der Waals surface area contributed by atoms with Crippen LogP contribution < -0.4 is 17.0 Å². The van der Waals surface area contributed by atoms with Crippen LogP contribution in [0.25, 0.3) is 22.4 Å². The molecule has 1 saturated carbocycles. The Morgan fingerprint density at radius 3 is 2.76 bits per heavy atom. The lowest BCUT2D eigenvalue weighted by Crippen LogP contribution is -2.44. The van der Waals surface area contributed by atoms with Crippen LogP contribution in [0, 0.1) is 0 Å². The summed E-state index contributed by atoms with van der Waals surface area (Å²) in [6.07, 6.45) is 2.74. The fourth-order valence-electron chi connectivity index (χ4n) is 3.00. The summed E-state index contributed by atoms with van der Waals surface area (Å²) in [5.41, 5.74) is 6.03. The second kappa shape index (κ2) is 6.12. The lowest BCUT2D eigenvalue weighted by atomic mass is 9.77. The van der Waals surface area contributed by atoms with Crippen molar-refractivity contribution in [3.05, 3.63) is 44.9 Å². The highest BCUT2D eigenvalue weighted by Gasteiger charge is 2.39. The smallest absolute Gasteiger partial charge is 0.328 e. The van der Waals surface area contributed by atoms with Gasteiger partial charge in [-0.2, -0.15) is 4.98 Å². The van der Waals surface area contributed by atoms with Crippen LogP contribution in [-0.2, 0) is 12.1 Å². The van der Waals surface area contributed by atoms with Gasteiger partial charge in [0.25, 0.3) is 11.4 Å². The van der Waals surface area contributed by atoms with Gasteiger partial charge < -0.3 is 15.2 Å². The number of aromatic nitrogens is 4. The summed E-state index contributed by atoms with van der Waals surface area (Å²) in [5.74, 6) is 0.822. The molecule has 0 amide bonds. The van der Waals surface area contributed by atoms with Gasteiger partial charge in [0.05, 0.1) is 16.4 Å². The number of hydrogen-bond acceptors (Lipinski definition) is 6. The van der Waals surface area contributed by atoms with Gasteiger partial charge in [0.15, 0.2) is 5.82 Å². The molecule has 25 heavy (non-hydrogen) atoms. The van der Waals surface area contributed by atoms with Crippen LogP contribution in [0.15, 0.2) is 32.3 Å². The van der Waals surface area contributed by atoms with Crippen molar-refractivity contribution in [3.63, 3.8) is 0 Å². The molecule has 0 saturated heterocycles. The normalized spacial score (nSPS) is 15.6. The molecule has 0 atom stereocenters. The highest BCUT2D eigenvalue weighted by Crippen LogP contribution is 2.37. The first-order valence-electron chi connectivity index (χ1n) is 7.92. The van der Waals surface area contributed by atoms with Crippen LogP contribution in [0.4, 0.5) is 0 Å². The van der Waals surface area contributed by atoms with Gasteiger partial charge in [-0.05, 0) is 44.4 Å². The quantitative estimate of drug-likeness (QED) is 0.728. The second-order valence-corrected chi connectivity index (χ2v) is 6.17. The zero-order valence-corrected chi connectivity index (χ0v) is 14.4. The standard InChI is InChI=1S/C16H17N5O3.ClH/c1-2-21-13(22)10-5-4-9(8-11(10)18-15(21)23)12-19-14(20-24-12)16(17)6-3-7-16;/h4-5,8H,2-3,6-7,17H2,1H3,(H,18,23);1H. The maximum atomic E-state index is 12.3. The molecule has 132 valence electrons. The van der Waals surface area contributed by atoms with Gasteiger partial charge in [0.1, 0.15) is 0 Å². The summed E-state index contributed by atoms with van der Waals surface area (Å²) in [5, 5.41) is 4.42. The van der Waals surface area contributed by atoms with E-state index in [1.54, 1.807) is 25.1 Å². The lowest BCUT2D eigenvalue weighted by molar-refractivity contribution is 0.229. The molecule has 0 aliphatic heterocycles. The van der Waals surface area contributed by atoms with Crippen molar-refractivity contribution < 1.29 is 4.52 Å². The number of halogens is 1. The molecular formula is C16H18ClN5O3. The number of H-pyrrole nitrogens is 1. The van der Waals surface area contributed by atoms with Crippen molar-refractivity contribution in [1.82, 2.24) is 19.7 Å². The minimum Gasteiger partial charge on any atom is -0.334 e. The summed E-state index contributed by atoms with van der Waals surface area (Å²) in [7, 11) is 0. The molecule has 0 bridgehead atoms. The molecule has 0 radical (unpaired) electrons. The van der Waals surface area contributed by atoms with Crippen LogP contribution in [0.2, 0.25) is 0 Å². The summed E-state index contributed by atoms with van der Waals surface area (Å²) in [6, 6.07) is 5.04. The Kier molecular flexibility index (Phi) is 4.26. The first-order valence-corrected chi connectivity index (χ1v) is 7.92. The molecule has 1 fully saturated rings. The van der Waals surface area contributed by atoms with Crippen molar-refractivity contribution in [2.45, 2.75) is 38.3 Å². The van der Waals surface area contributed by atoms with E-state index in [0.717, 1.165) is 23.8 Å². The second-order valence-electron chi connectivity index (χ2n) is 6.17. The van der Waals surface area contributed by atoms with Crippen molar-refractivity contribution in [2.75, 3.05) is 0 Å². The summed E-state index contributed by atoms with van der Waals surface area (Å²) in [4.78, 5) is 31.3. The average molecular weight is 364 g/mol. The van der Waals surface area contributed by atoms with Gasteiger partial charge in [0, 0.05) is 12.1 Å². The molecule has 1 aliphatic rings. The molecule has 0 spiro atoms. The third-order valence-electron chi connectivity index (χ3n) is 4.66. The van der Waals surface area contributed by atoms with Crippen molar-refractivity contribution in [2.24, 2.45) is 5.73 Å². The van der Waals surface area contributed by atoms with Gasteiger partial charge in [-0.1, -0.05) is 5.16 Å². The number of fused-ring (bicyclic) bond motifs is 1. The molecular weight excluding hydrogens is 346 g/mol. The van der Waals surface area contributed by atoms with Gasteiger partial charge in [0.2, 0.25) is 0 Å². The molecule has 0 unspecified atom stereocenters. The zero-order chi connectivity index (χ0) is 16.9. The molecule has 8 nitrogen and oxygen atoms in total. The maximum Gasteiger partial charge on any atom is 0.328 e. The van der Waals surface area contributed by atoms with E-state index in [4.69, 9.17) is 10.3 Å². The van der Waals surface area contributed by atoms with Gasteiger partial charge >= 0.3 is 5.69 Å². The molecule has 3 N–H and O–H groups in total. The number of rotatable bonds is 3. The Labute approximate surface area is 148 Å². The molecule has 2 aromatic heterocycles. The van der Waals surface area contributed by atoms with Crippen molar-refractivity contribution in [1.29, 1.82) is 0 Å². The van der Waals surface area contributed by atoms with Crippen molar-refractivity contribution >= 4 is 23.3 Å². The SMILES string of the molecule is CCn1c(=O)[nH]c2cc(-c3nc(C4(N)CCC4)no3)ccc2c1=O.Cl. The minimum atomic E-state index is -0.498. The monoisotopic (exact) mass is 363 g/mol. The molecule has 4 rings (SSSR count). The Bertz CT molecular complexity index is 1050. The predicted octanol–water partition coefficient (Wildman–Crippen LogP) is 1.52. The third-order valence-corrected chi connectivity index (χ3v) is 4.66. The topological polar surface area (TPSA) is 120 Å². The van der Waals surface area contributed by atoms with Gasteiger partial charge in [-0.15, -0.1) is 12.4 Å². The molecule has 2 heterocycles. The first-order chi connectivity index (χ1) is 11.5. The predicted molar refractivity (Wildman–Crippen MR) is 94.8 cm³/mol. The van der Waals surface area contributed by atoms with E-state index >= 15 is 0 Å². The highest BCUT2D eigenvalue weighted by molar-refractivity contribution is 5.85. The van der Waals surface area contributed by atoms with E-state index in [-0.39, 0.29) is 18.0 Å². The molecule has 1 aliphatic carbocycles. The fourth-order valence-corrected chi connectivity index (χ4v) is 3.00. The first kappa shape index (κ1) is 17.4. The number of benzene rings is 1. The Morgan fingerprint density at radius 2 is 2.12 bits per heavy atom. The van der Waals surface area contributed by atoms with E-state index in [0.29, 0.717) is 34.7 Å². The van der Waals surface area contributed by atoms with Gasteiger partial charge in [-0.25, -0.2) is 4.79 Å². The Balaban J connectivity index is 0.00000182.